The molecule has 0 fully saturated rings. The normalized spacial score (nSPS) is 10.9. The molecule has 0 radical (unpaired) electrons. The second kappa shape index (κ2) is 6.26. The molecule has 5 nitrogen and oxygen atoms in total. The van der Waals surface area contributed by atoms with Gasteiger partial charge >= 0.3 is 0 Å². The van der Waals surface area contributed by atoms with Gasteiger partial charge in [-0.25, -0.2) is 0 Å². The number of nitrogens with zero attached hydrogens (tertiary/aromatic N) is 2. The molecule has 21 heavy (non-hydrogen) atoms. The lowest BCUT2D eigenvalue weighted by molar-refractivity contribution is 0.104. The molecule has 0 atom stereocenters. The smallest absolute Gasteiger partial charge is 0.186 e. The number of ether oxygens (including phenoxy) is 2. The van der Waals surface area contributed by atoms with Crippen LogP contribution < -0.4 is 9.47 Å². The molecule has 0 aliphatic rings. The van der Waals surface area contributed by atoms with Crippen LogP contribution in [0.5, 0.6) is 11.5 Å². The fourth-order valence-corrected chi connectivity index (χ4v) is 2.03. The maximum absolute atomic E-state index is 12.2. The number of carbonyl (C=O) groups excluding carboxylic acids is 1. The summed E-state index contributed by atoms with van der Waals surface area (Å²) in [5.41, 5.74) is 2.33. The predicted octanol–water partition coefficient (Wildman–Crippen LogP) is 2.64. The number of aromatic nitrogens is 2. The molecule has 2 aromatic rings. The van der Waals surface area contributed by atoms with Crippen molar-refractivity contribution in [3.8, 4) is 11.5 Å². The summed E-state index contributed by atoms with van der Waals surface area (Å²) in [4.78, 5) is 12.2. The molecular weight excluding hydrogens is 268 g/mol. The fraction of sp³-hybridized carbons (Fsp3) is 0.250. The lowest BCUT2D eigenvalue weighted by atomic mass is 10.1. The van der Waals surface area contributed by atoms with Crippen LogP contribution in [-0.4, -0.2) is 29.8 Å². The molecule has 1 heterocycles. The Morgan fingerprint density at radius 3 is 2.48 bits per heavy atom. The van der Waals surface area contributed by atoms with Crippen molar-refractivity contribution in [2.75, 3.05) is 14.2 Å². The quantitative estimate of drug-likeness (QED) is 0.626. The Kier molecular flexibility index (Phi) is 4.42. The Labute approximate surface area is 123 Å². The minimum atomic E-state index is -0.102. The minimum Gasteiger partial charge on any atom is -0.493 e. The Bertz CT molecular complexity index is 687. The molecule has 110 valence electrons. The topological polar surface area (TPSA) is 53.3 Å². The summed E-state index contributed by atoms with van der Waals surface area (Å²) in [6.45, 7) is 1.91. The lowest BCUT2D eigenvalue weighted by Gasteiger charge is -2.07. The van der Waals surface area contributed by atoms with Gasteiger partial charge in [0.25, 0.3) is 0 Å². The SMILES string of the molecule is COc1ccc(C(=O)/C=C/c2cc(C)nn2C)cc1OC. The Morgan fingerprint density at radius 2 is 1.90 bits per heavy atom. The number of aryl methyl sites for hydroxylation is 2. The molecule has 0 aliphatic carbocycles. The third-order valence-electron chi connectivity index (χ3n) is 3.11. The lowest BCUT2D eigenvalue weighted by Crippen LogP contribution is -1.98. The van der Waals surface area contributed by atoms with Gasteiger partial charge in [0, 0.05) is 12.6 Å². The molecule has 2 rings (SSSR count). The van der Waals surface area contributed by atoms with Gasteiger partial charge in [-0.05, 0) is 43.3 Å². The summed E-state index contributed by atoms with van der Waals surface area (Å²) in [5.74, 6) is 1.03. The molecule has 0 unspecified atom stereocenters. The van der Waals surface area contributed by atoms with Crippen LogP contribution in [0.3, 0.4) is 0 Å². The van der Waals surface area contributed by atoms with E-state index in [4.69, 9.17) is 9.47 Å². The number of rotatable bonds is 5. The number of allylic oxidation sites excluding steroid dienone is 1. The Balaban J connectivity index is 2.22. The van der Waals surface area contributed by atoms with E-state index in [1.807, 2.05) is 20.0 Å². The zero-order valence-corrected chi connectivity index (χ0v) is 12.6. The largest absolute Gasteiger partial charge is 0.493 e. The van der Waals surface area contributed by atoms with E-state index >= 15 is 0 Å². The molecule has 0 saturated heterocycles. The summed E-state index contributed by atoms with van der Waals surface area (Å²) in [6.07, 6.45) is 3.27. The molecule has 0 amide bonds. The van der Waals surface area contributed by atoms with Gasteiger partial charge in [-0.2, -0.15) is 5.10 Å². The van der Waals surface area contributed by atoms with Crippen molar-refractivity contribution in [3.63, 3.8) is 0 Å². The Morgan fingerprint density at radius 1 is 1.19 bits per heavy atom. The summed E-state index contributed by atoms with van der Waals surface area (Å²) in [6, 6.07) is 7.01. The zero-order chi connectivity index (χ0) is 15.4. The Hall–Kier alpha value is -2.56. The van der Waals surface area contributed by atoms with Crippen molar-refractivity contribution in [2.24, 2.45) is 7.05 Å². The van der Waals surface area contributed by atoms with Crippen LogP contribution in [0.15, 0.2) is 30.3 Å². The van der Waals surface area contributed by atoms with Gasteiger partial charge in [0.1, 0.15) is 0 Å². The van der Waals surface area contributed by atoms with Gasteiger partial charge in [-0.3, -0.25) is 9.48 Å². The van der Waals surface area contributed by atoms with Crippen LogP contribution in [0.25, 0.3) is 6.08 Å². The molecule has 5 heteroatoms. The highest BCUT2D eigenvalue weighted by Crippen LogP contribution is 2.27. The van der Waals surface area contributed by atoms with E-state index in [0.717, 1.165) is 11.4 Å². The maximum Gasteiger partial charge on any atom is 0.186 e. The van der Waals surface area contributed by atoms with Gasteiger partial charge in [-0.15, -0.1) is 0 Å². The summed E-state index contributed by atoms with van der Waals surface area (Å²) < 4.78 is 12.1. The van der Waals surface area contributed by atoms with Crippen LogP contribution in [0.1, 0.15) is 21.7 Å². The highest BCUT2D eigenvalue weighted by Gasteiger charge is 2.09. The van der Waals surface area contributed by atoms with Crippen LogP contribution in [0.2, 0.25) is 0 Å². The predicted molar refractivity (Wildman–Crippen MR) is 80.9 cm³/mol. The molecule has 1 aromatic carbocycles. The molecule has 0 spiro atoms. The second-order valence-corrected chi connectivity index (χ2v) is 4.60. The number of methoxy groups -OCH3 is 2. The van der Waals surface area contributed by atoms with E-state index in [0.29, 0.717) is 17.1 Å². The number of benzene rings is 1. The van der Waals surface area contributed by atoms with Crippen LogP contribution >= 0.6 is 0 Å². The number of hydrogen-bond donors (Lipinski definition) is 0. The number of carbonyl (C=O) groups is 1. The van der Waals surface area contributed by atoms with Crippen LogP contribution in [0, 0.1) is 6.92 Å². The van der Waals surface area contributed by atoms with Gasteiger partial charge in [-0.1, -0.05) is 0 Å². The molecule has 0 saturated carbocycles. The summed E-state index contributed by atoms with van der Waals surface area (Å²) in [5, 5.41) is 4.23. The van der Waals surface area contributed by atoms with E-state index in [1.54, 1.807) is 43.2 Å². The average molecular weight is 286 g/mol. The second-order valence-electron chi connectivity index (χ2n) is 4.60. The fourth-order valence-electron chi connectivity index (χ4n) is 2.03. The third kappa shape index (κ3) is 3.31. The van der Waals surface area contributed by atoms with Crippen molar-refractivity contribution in [1.82, 2.24) is 9.78 Å². The van der Waals surface area contributed by atoms with Gasteiger partial charge < -0.3 is 9.47 Å². The van der Waals surface area contributed by atoms with E-state index < -0.39 is 0 Å². The molecule has 0 aliphatic heterocycles. The highest BCUT2D eigenvalue weighted by molar-refractivity contribution is 6.07. The zero-order valence-electron chi connectivity index (χ0n) is 12.6. The van der Waals surface area contributed by atoms with E-state index in [9.17, 15) is 4.79 Å². The first-order valence-electron chi connectivity index (χ1n) is 6.50. The molecule has 0 bridgehead atoms. The van der Waals surface area contributed by atoms with Gasteiger partial charge in [0.15, 0.2) is 17.3 Å². The monoisotopic (exact) mass is 286 g/mol. The third-order valence-corrected chi connectivity index (χ3v) is 3.11. The number of hydrogen-bond acceptors (Lipinski definition) is 4. The molecule has 0 N–H and O–H groups in total. The van der Waals surface area contributed by atoms with Crippen molar-refractivity contribution in [2.45, 2.75) is 6.92 Å². The highest BCUT2D eigenvalue weighted by atomic mass is 16.5. The van der Waals surface area contributed by atoms with Gasteiger partial charge in [0.05, 0.1) is 25.6 Å². The molecule has 1 aromatic heterocycles. The summed E-state index contributed by atoms with van der Waals surface area (Å²) in [7, 11) is 4.94. The first-order valence-corrected chi connectivity index (χ1v) is 6.50. The van der Waals surface area contributed by atoms with Crippen molar-refractivity contribution in [1.29, 1.82) is 0 Å². The van der Waals surface area contributed by atoms with E-state index in [1.165, 1.54) is 6.08 Å². The van der Waals surface area contributed by atoms with Crippen molar-refractivity contribution in [3.05, 3.63) is 47.3 Å². The molecular formula is C16H18N2O3. The minimum absolute atomic E-state index is 0.102. The average Bonchev–Trinajstić information content (AvgIpc) is 2.81. The van der Waals surface area contributed by atoms with E-state index in [-0.39, 0.29) is 5.78 Å². The van der Waals surface area contributed by atoms with Crippen molar-refractivity contribution < 1.29 is 14.3 Å². The first-order chi connectivity index (χ1) is 10.0. The van der Waals surface area contributed by atoms with Crippen molar-refractivity contribution >= 4 is 11.9 Å². The van der Waals surface area contributed by atoms with Gasteiger partial charge in [0.2, 0.25) is 0 Å². The standard InChI is InChI=1S/C16H18N2O3/c1-11-9-13(18(2)17-11)6-7-14(19)12-5-8-15(20-3)16(10-12)21-4/h5-10H,1-4H3/b7-6+. The maximum atomic E-state index is 12.2. The number of ketones is 1. The van der Waals surface area contributed by atoms with Crippen LogP contribution in [-0.2, 0) is 7.05 Å². The summed E-state index contributed by atoms with van der Waals surface area (Å²) >= 11 is 0. The van der Waals surface area contributed by atoms with E-state index in [2.05, 4.69) is 5.10 Å². The first kappa shape index (κ1) is 14.8. The van der Waals surface area contributed by atoms with Crippen LogP contribution in [0.4, 0.5) is 0 Å².